The van der Waals surface area contributed by atoms with Crippen molar-refractivity contribution < 1.29 is 4.74 Å². The second kappa shape index (κ2) is 8.08. The van der Waals surface area contributed by atoms with Crippen LogP contribution < -0.4 is 5.32 Å². The van der Waals surface area contributed by atoms with Crippen molar-refractivity contribution in [2.75, 3.05) is 20.3 Å². The molecule has 0 aromatic rings. The molecule has 1 unspecified atom stereocenters. The molecule has 1 fully saturated rings. The smallest absolute Gasteiger partial charge is 0.0615 e. The first kappa shape index (κ1) is 14.0. The van der Waals surface area contributed by atoms with Gasteiger partial charge in [0, 0.05) is 13.2 Å². The van der Waals surface area contributed by atoms with Crippen LogP contribution in [-0.4, -0.2) is 26.3 Å². The minimum absolute atomic E-state index is 0.549. The van der Waals surface area contributed by atoms with Gasteiger partial charge in [-0.2, -0.15) is 0 Å². The van der Waals surface area contributed by atoms with Crippen molar-refractivity contribution in [2.45, 2.75) is 58.4 Å². The Morgan fingerprint density at radius 3 is 2.50 bits per heavy atom. The molecule has 0 spiro atoms. The van der Waals surface area contributed by atoms with Gasteiger partial charge in [-0.3, -0.25) is 0 Å². The number of hydrogen-bond acceptors (Lipinski definition) is 2. The third kappa shape index (κ3) is 5.31. The summed E-state index contributed by atoms with van der Waals surface area (Å²) in [6.45, 7) is 6.62. The largest absolute Gasteiger partial charge is 0.383 e. The van der Waals surface area contributed by atoms with Gasteiger partial charge < -0.3 is 10.1 Å². The number of hydrogen-bond donors (Lipinski definition) is 1. The van der Waals surface area contributed by atoms with E-state index in [1.54, 1.807) is 7.11 Å². The van der Waals surface area contributed by atoms with E-state index in [0.717, 1.165) is 24.9 Å². The summed E-state index contributed by atoms with van der Waals surface area (Å²) >= 11 is 0. The molecule has 0 radical (unpaired) electrons. The molecule has 1 rings (SSSR count). The van der Waals surface area contributed by atoms with Gasteiger partial charge in [0.2, 0.25) is 0 Å². The Kier molecular flexibility index (Phi) is 7.06. The van der Waals surface area contributed by atoms with Crippen LogP contribution in [0.4, 0.5) is 0 Å². The van der Waals surface area contributed by atoms with Crippen LogP contribution in [0.2, 0.25) is 0 Å². The van der Waals surface area contributed by atoms with Crippen molar-refractivity contribution in [1.29, 1.82) is 0 Å². The predicted octanol–water partition coefficient (Wildman–Crippen LogP) is 3.22. The number of rotatable bonds is 7. The molecule has 2 heteroatoms. The third-order valence-electron chi connectivity index (χ3n) is 3.98. The summed E-state index contributed by atoms with van der Waals surface area (Å²) in [5.41, 5.74) is 0. The van der Waals surface area contributed by atoms with Crippen LogP contribution in [-0.2, 0) is 4.74 Å². The molecule has 0 saturated heterocycles. The number of ether oxygens (including phenoxy) is 1. The van der Waals surface area contributed by atoms with Crippen molar-refractivity contribution in [3.05, 3.63) is 0 Å². The van der Waals surface area contributed by atoms with Crippen LogP contribution in [0, 0.1) is 11.8 Å². The lowest BCUT2D eigenvalue weighted by molar-refractivity contribution is 0.162. The van der Waals surface area contributed by atoms with Gasteiger partial charge in [-0.1, -0.05) is 39.5 Å². The molecule has 0 bridgehead atoms. The zero-order valence-corrected chi connectivity index (χ0v) is 11.3. The van der Waals surface area contributed by atoms with E-state index in [9.17, 15) is 0 Å². The molecule has 0 amide bonds. The van der Waals surface area contributed by atoms with Gasteiger partial charge in [0.25, 0.3) is 0 Å². The number of methoxy groups -OCH3 is 1. The molecule has 1 aliphatic rings. The van der Waals surface area contributed by atoms with Gasteiger partial charge in [0.1, 0.15) is 0 Å². The van der Waals surface area contributed by atoms with Crippen molar-refractivity contribution >= 4 is 0 Å². The van der Waals surface area contributed by atoms with E-state index in [0.29, 0.717) is 6.04 Å². The first-order valence-corrected chi connectivity index (χ1v) is 6.98. The Balaban J connectivity index is 2.05. The highest BCUT2D eigenvalue weighted by atomic mass is 16.5. The monoisotopic (exact) mass is 227 g/mol. The minimum Gasteiger partial charge on any atom is -0.383 e. The van der Waals surface area contributed by atoms with Gasteiger partial charge >= 0.3 is 0 Å². The highest BCUT2D eigenvalue weighted by molar-refractivity contribution is 4.72. The molecule has 1 atom stereocenters. The second-order valence-electron chi connectivity index (χ2n) is 5.43. The maximum Gasteiger partial charge on any atom is 0.0615 e. The van der Waals surface area contributed by atoms with Crippen LogP contribution in [0.3, 0.4) is 0 Å². The van der Waals surface area contributed by atoms with Crippen molar-refractivity contribution in [2.24, 2.45) is 11.8 Å². The van der Waals surface area contributed by atoms with E-state index in [1.165, 1.54) is 38.6 Å². The van der Waals surface area contributed by atoms with Crippen LogP contribution >= 0.6 is 0 Å². The van der Waals surface area contributed by atoms with Crippen LogP contribution in [0.15, 0.2) is 0 Å². The van der Waals surface area contributed by atoms with Crippen molar-refractivity contribution in [1.82, 2.24) is 5.32 Å². The van der Waals surface area contributed by atoms with E-state index in [4.69, 9.17) is 4.74 Å². The lowest BCUT2D eigenvalue weighted by Crippen LogP contribution is -2.34. The molecule has 16 heavy (non-hydrogen) atoms. The topological polar surface area (TPSA) is 21.3 Å². The summed E-state index contributed by atoms with van der Waals surface area (Å²) in [6, 6.07) is 0.549. The Bertz CT molecular complexity index is 164. The molecule has 1 saturated carbocycles. The van der Waals surface area contributed by atoms with Crippen molar-refractivity contribution in [3.8, 4) is 0 Å². The van der Waals surface area contributed by atoms with Crippen LogP contribution in [0.25, 0.3) is 0 Å². The van der Waals surface area contributed by atoms with Gasteiger partial charge in [-0.15, -0.1) is 0 Å². The molecule has 1 N–H and O–H groups in total. The summed E-state index contributed by atoms with van der Waals surface area (Å²) in [7, 11) is 1.78. The fraction of sp³-hybridized carbons (Fsp3) is 1.00. The SMILES string of the molecule is CCC(COC)NCCC1CCC(C)CC1. The highest BCUT2D eigenvalue weighted by Crippen LogP contribution is 2.29. The Hall–Kier alpha value is -0.0800. The molecule has 2 nitrogen and oxygen atoms in total. The van der Waals surface area contributed by atoms with E-state index in [1.807, 2.05) is 0 Å². The summed E-state index contributed by atoms with van der Waals surface area (Å²) in [4.78, 5) is 0. The Morgan fingerprint density at radius 1 is 1.25 bits per heavy atom. The van der Waals surface area contributed by atoms with E-state index in [-0.39, 0.29) is 0 Å². The molecule has 0 aromatic carbocycles. The standard InChI is InChI=1S/C14H29NO/c1-4-14(11-16-3)15-10-9-13-7-5-12(2)6-8-13/h12-15H,4-11H2,1-3H3. The van der Waals surface area contributed by atoms with Crippen molar-refractivity contribution in [3.63, 3.8) is 0 Å². The predicted molar refractivity (Wildman–Crippen MR) is 69.7 cm³/mol. The molecule has 0 aromatic heterocycles. The quantitative estimate of drug-likeness (QED) is 0.721. The first-order chi connectivity index (χ1) is 7.76. The summed E-state index contributed by atoms with van der Waals surface area (Å²) < 4.78 is 5.19. The zero-order chi connectivity index (χ0) is 11.8. The third-order valence-corrected chi connectivity index (χ3v) is 3.98. The Morgan fingerprint density at radius 2 is 1.94 bits per heavy atom. The molecule has 0 aliphatic heterocycles. The molecule has 1 aliphatic carbocycles. The minimum atomic E-state index is 0.549. The van der Waals surface area contributed by atoms with Gasteiger partial charge in [0.05, 0.1) is 6.61 Å². The molecular formula is C14H29NO. The fourth-order valence-corrected chi connectivity index (χ4v) is 2.63. The number of nitrogens with one attached hydrogen (secondary N) is 1. The van der Waals surface area contributed by atoms with Crippen LogP contribution in [0.5, 0.6) is 0 Å². The average Bonchev–Trinajstić information content (AvgIpc) is 2.30. The van der Waals surface area contributed by atoms with E-state index in [2.05, 4.69) is 19.2 Å². The normalized spacial score (nSPS) is 27.9. The lowest BCUT2D eigenvalue weighted by atomic mass is 9.81. The second-order valence-corrected chi connectivity index (χ2v) is 5.43. The Labute approximate surface area is 101 Å². The first-order valence-electron chi connectivity index (χ1n) is 6.98. The van der Waals surface area contributed by atoms with Gasteiger partial charge in [-0.05, 0) is 31.2 Å². The average molecular weight is 227 g/mol. The maximum absolute atomic E-state index is 5.19. The lowest BCUT2D eigenvalue weighted by Gasteiger charge is -2.26. The fourth-order valence-electron chi connectivity index (χ4n) is 2.63. The molecule has 0 heterocycles. The maximum atomic E-state index is 5.19. The summed E-state index contributed by atoms with van der Waals surface area (Å²) in [5, 5.41) is 3.60. The summed E-state index contributed by atoms with van der Waals surface area (Å²) in [5.74, 6) is 1.95. The zero-order valence-electron chi connectivity index (χ0n) is 11.3. The summed E-state index contributed by atoms with van der Waals surface area (Å²) in [6.07, 6.45) is 8.30. The molecular weight excluding hydrogens is 198 g/mol. The van der Waals surface area contributed by atoms with Gasteiger partial charge in [-0.25, -0.2) is 0 Å². The molecule has 96 valence electrons. The highest BCUT2D eigenvalue weighted by Gasteiger charge is 2.17. The van der Waals surface area contributed by atoms with E-state index < -0.39 is 0 Å². The van der Waals surface area contributed by atoms with Gasteiger partial charge in [0.15, 0.2) is 0 Å². The van der Waals surface area contributed by atoms with E-state index >= 15 is 0 Å². The van der Waals surface area contributed by atoms with Crippen LogP contribution in [0.1, 0.15) is 52.4 Å².